The Kier molecular flexibility index (Phi) is 3.59. The molecule has 2 atom stereocenters. The van der Waals surface area contributed by atoms with Crippen LogP contribution in [-0.2, 0) is 0 Å². The number of aromatic nitrogens is 1. The summed E-state index contributed by atoms with van der Waals surface area (Å²) in [5.74, 6) is 0.773. The first-order valence-electron chi connectivity index (χ1n) is 6.38. The predicted molar refractivity (Wildman–Crippen MR) is 67.4 cm³/mol. The van der Waals surface area contributed by atoms with E-state index in [0.29, 0.717) is 23.9 Å². The van der Waals surface area contributed by atoms with E-state index in [-0.39, 0.29) is 17.7 Å². The molecule has 104 valence electrons. The summed E-state index contributed by atoms with van der Waals surface area (Å²) >= 11 is 0. The summed E-state index contributed by atoms with van der Waals surface area (Å²) in [6, 6.07) is 0.0112. The fourth-order valence-electron chi connectivity index (χ4n) is 2.49. The van der Waals surface area contributed by atoms with Crippen molar-refractivity contribution in [2.45, 2.75) is 45.6 Å². The van der Waals surface area contributed by atoms with Crippen molar-refractivity contribution in [3.63, 3.8) is 0 Å². The normalized spacial score (nSPS) is 23.4. The first-order valence-corrected chi connectivity index (χ1v) is 6.38. The Balaban J connectivity index is 2.20. The number of hydrogen-bond acceptors (Lipinski definition) is 4. The summed E-state index contributed by atoms with van der Waals surface area (Å²) in [5, 5.41) is 9.14. The zero-order chi connectivity index (χ0) is 14.2. The van der Waals surface area contributed by atoms with Gasteiger partial charge in [0, 0.05) is 19.5 Å². The van der Waals surface area contributed by atoms with Gasteiger partial charge in [-0.25, -0.2) is 9.78 Å². The molecule has 1 aromatic heterocycles. The van der Waals surface area contributed by atoms with Gasteiger partial charge in [0.05, 0.1) is 5.92 Å². The number of carboxylic acid groups (broad SMARTS) is 1. The molecule has 1 aromatic rings. The van der Waals surface area contributed by atoms with Crippen molar-refractivity contribution < 1.29 is 19.1 Å². The van der Waals surface area contributed by atoms with Crippen LogP contribution in [0.4, 0.5) is 4.79 Å². The zero-order valence-corrected chi connectivity index (χ0v) is 11.3. The molecule has 0 bridgehead atoms. The lowest BCUT2D eigenvalue weighted by Crippen LogP contribution is -2.44. The molecule has 6 heteroatoms. The number of hydrogen-bond donors (Lipinski definition) is 1. The molecular weight excluding hydrogens is 248 g/mol. The van der Waals surface area contributed by atoms with E-state index in [9.17, 15) is 9.59 Å². The van der Waals surface area contributed by atoms with Crippen LogP contribution < -0.4 is 0 Å². The van der Waals surface area contributed by atoms with E-state index in [1.165, 1.54) is 11.8 Å². The van der Waals surface area contributed by atoms with Crippen molar-refractivity contribution in [3.8, 4) is 0 Å². The first-order chi connectivity index (χ1) is 8.90. The highest BCUT2D eigenvalue weighted by atomic mass is 16.4. The summed E-state index contributed by atoms with van der Waals surface area (Å²) in [6.45, 7) is 5.41. The Morgan fingerprint density at radius 2 is 2.11 bits per heavy atom. The molecule has 0 radical (unpaired) electrons. The molecule has 0 spiro atoms. The van der Waals surface area contributed by atoms with E-state index >= 15 is 0 Å². The minimum absolute atomic E-state index is 0.0112. The average molecular weight is 266 g/mol. The van der Waals surface area contributed by atoms with Gasteiger partial charge in [-0.2, -0.15) is 0 Å². The number of rotatable bonds is 2. The number of carbonyl (C=O) groups is 2. The van der Waals surface area contributed by atoms with Crippen molar-refractivity contribution in [3.05, 3.63) is 17.3 Å². The highest BCUT2D eigenvalue weighted by molar-refractivity contribution is 5.92. The third-order valence-corrected chi connectivity index (χ3v) is 3.62. The molecular formula is C13H18N2O4. The van der Waals surface area contributed by atoms with E-state index in [0.717, 1.165) is 12.8 Å². The summed E-state index contributed by atoms with van der Waals surface area (Å²) < 4.78 is 5.53. The van der Waals surface area contributed by atoms with Gasteiger partial charge in [-0.1, -0.05) is 0 Å². The average Bonchev–Trinajstić information content (AvgIpc) is 2.71. The SMILES string of the molecule is CC(=O)c1nc(C2CCC(C)N(C(=O)O)C2)oc1C. The second-order valence-corrected chi connectivity index (χ2v) is 5.07. The fraction of sp³-hybridized carbons (Fsp3) is 0.615. The maximum absolute atomic E-state index is 11.4. The maximum Gasteiger partial charge on any atom is 0.407 e. The molecule has 1 aliphatic heterocycles. The van der Waals surface area contributed by atoms with E-state index in [1.54, 1.807) is 6.92 Å². The first kappa shape index (κ1) is 13.6. The van der Waals surface area contributed by atoms with Crippen LogP contribution >= 0.6 is 0 Å². The Bertz CT molecular complexity index is 509. The van der Waals surface area contributed by atoms with Crippen LogP contribution in [-0.4, -0.2) is 39.5 Å². The minimum atomic E-state index is -0.924. The highest BCUT2D eigenvalue weighted by Gasteiger charge is 2.32. The van der Waals surface area contributed by atoms with Gasteiger partial charge < -0.3 is 14.4 Å². The van der Waals surface area contributed by atoms with Gasteiger partial charge >= 0.3 is 6.09 Å². The number of amides is 1. The smallest absolute Gasteiger partial charge is 0.407 e. The van der Waals surface area contributed by atoms with E-state index in [1.807, 2.05) is 6.92 Å². The number of Topliss-reactive ketones (excluding diaryl/α,β-unsaturated/α-hetero) is 1. The Labute approximate surface area is 111 Å². The maximum atomic E-state index is 11.4. The minimum Gasteiger partial charge on any atom is -0.465 e. The summed E-state index contributed by atoms with van der Waals surface area (Å²) in [7, 11) is 0. The molecule has 1 saturated heterocycles. The lowest BCUT2D eigenvalue weighted by atomic mass is 9.94. The number of nitrogens with zero attached hydrogens (tertiary/aromatic N) is 2. The molecule has 6 nitrogen and oxygen atoms in total. The second kappa shape index (κ2) is 5.03. The number of aryl methyl sites for hydroxylation is 1. The summed E-state index contributed by atoms with van der Waals surface area (Å²) in [4.78, 5) is 28.1. The molecule has 19 heavy (non-hydrogen) atoms. The monoisotopic (exact) mass is 266 g/mol. The van der Waals surface area contributed by atoms with Crippen LogP contribution in [0, 0.1) is 6.92 Å². The molecule has 1 amide bonds. The largest absolute Gasteiger partial charge is 0.465 e. The highest BCUT2D eigenvalue weighted by Crippen LogP contribution is 2.30. The topological polar surface area (TPSA) is 83.6 Å². The van der Waals surface area contributed by atoms with Gasteiger partial charge in [-0.05, 0) is 26.7 Å². The molecule has 0 saturated carbocycles. The van der Waals surface area contributed by atoms with Crippen molar-refractivity contribution in [1.29, 1.82) is 0 Å². The molecule has 2 unspecified atom stereocenters. The molecule has 2 rings (SSSR count). The molecule has 1 N–H and O–H groups in total. The summed E-state index contributed by atoms with van der Waals surface area (Å²) in [6.07, 6.45) is 0.669. The van der Waals surface area contributed by atoms with Crippen molar-refractivity contribution in [2.75, 3.05) is 6.54 Å². The third-order valence-electron chi connectivity index (χ3n) is 3.62. The number of ketones is 1. The standard InChI is InChI=1S/C13H18N2O4/c1-7-4-5-10(6-15(7)13(17)18)12-14-11(8(2)16)9(3)19-12/h7,10H,4-6H2,1-3H3,(H,17,18). The van der Waals surface area contributed by atoms with E-state index in [4.69, 9.17) is 9.52 Å². The quantitative estimate of drug-likeness (QED) is 0.831. The summed E-state index contributed by atoms with van der Waals surface area (Å²) in [5.41, 5.74) is 0.343. The van der Waals surface area contributed by atoms with Crippen LogP contribution in [0.2, 0.25) is 0 Å². The van der Waals surface area contributed by atoms with Crippen LogP contribution in [0.25, 0.3) is 0 Å². The van der Waals surface area contributed by atoms with Gasteiger partial charge in [0.25, 0.3) is 0 Å². The molecule has 1 aliphatic rings. The van der Waals surface area contributed by atoms with Crippen molar-refractivity contribution >= 4 is 11.9 Å². The Morgan fingerprint density at radius 1 is 1.42 bits per heavy atom. The van der Waals surface area contributed by atoms with Crippen LogP contribution in [0.5, 0.6) is 0 Å². The van der Waals surface area contributed by atoms with Gasteiger partial charge in [0.1, 0.15) is 11.5 Å². The molecule has 1 fully saturated rings. The van der Waals surface area contributed by atoms with Crippen molar-refractivity contribution in [2.24, 2.45) is 0 Å². The Morgan fingerprint density at radius 3 is 2.63 bits per heavy atom. The van der Waals surface area contributed by atoms with Crippen LogP contribution in [0.1, 0.15) is 54.7 Å². The van der Waals surface area contributed by atoms with Crippen molar-refractivity contribution in [1.82, 2.24) is 9.88 Å². The second-order valence-electron chi connectivity index (χ2n) is 5.07. The van der Waals surface area contributed by atoms with Gasteiger partial charge in [-0.3, -0.25) is 4.79 Å². The van der Waals surface area contributed by atoms with Gasteiger partial charge in [-0.15, -0.1) is 0 Å². The Hall–Kier alpha value is -1.85. The van der Waals surface area contributed by atoms with Crippen LogP contribution in [0.3, 0.4) is 0 Å². The predicted octanol–water partition coefficient (Wildman–Crippen LogP) is 2.43. The number of carbonyl (C=O) groups excluding carboxylic acids is 1. The zero-order valence-electron chi connectivity index (χ0n) is 11.3. The van der Waals surface area contributed by atoms with E-state index < -0.39 is 6.09 Å². The third kappa shape index (κ3) is 2.62. The lowest BCUT2D eigenvalue weighted by Gasteiger charge is -2.34. The van der Waals surface area contributed by atoms with Gasteiger partial charge in [0.15, 0.2) is 11.7 Å². The van der Waals surface area contributed by atoms with Crippen LogP contribution in [0.15, 0.2) is 4.42 Å². The van der Waals surface area contributed by atoms with E-state index in [2.05, 4.69) is 4.98 Å². The fourth-order valence-corrected chi connectivity index (χ4v) is 2.49. The van der Waals surface area contributed by atoms with Gasteiger partial charge in [0.2, 0.25) is 0 Å². The number of likely N-dealkylation sites (tertiary alicyclic amines) is 1. The molecule has 0 aliphatic carbocycles. The molecule has 2 heterocycles. The number of piperidine rings is 1. The molecule has 0 aromatic carbocycles. The number of oxazole rings is 1. The lowest BCUT2D eigenvalue weighted by molar-refractivity contribution is 0.0997.